The van der Waals surface area contributed by atoms with Gasteiger partial charge in [-0.3, -0.25) is 9.69 Å². The Morgan fingerprint density at radius 3 is 2.35 bits per heavy atom. The van der Waals surface area contributed by atoms with Gasteiger partial charge in [-0.15, -0.1) is 0 Å². The van der Waals surface area contributed by atoms with Crippen molar-refractivity contribution in [3.8, 4) is 0 Å². The number of hydrogen-bond donors (Lipinski definition) is 1. The molecule has 0 radical (unpaired) electrons. The molecule has 3 heteroatoms. The maximum atomic E-state index is 11.3. The zero-order valence-corrected chi connectivity index (χ0v) is 11.1. The highest BCUT2D eigenvalue weighted by atomic mass is 16.4. The van der Waals surface area contributed by atoms with Gasteiger partial charge in [-0.2, -0.15) is 0 Å². The Balaban J connectivity index is 2.02. The molecule has 4 atom stereocenters. The minimum atomic E-state index is -0.595. The van der Waals surface area contributed by atoms with Crippen LogP contribution in [0.4, 0.5) is 0 Å². The second kappa shape index (κ2) is 5.38. The first-order valence-electron chi connectivity index (χ1n) is 7.06. The Morgan fingerprint density at radius 1 is 1.06 bits per heavy atom. The van der Waals surface area contributed by atoms with Crippen molar-refractivity contribution in [2.45, 2.75) is 64.0 Å². The zero-order chi connectivity index (χ0) is 12.4. The second-order valence-electron chi connectivity index (χ2n) is 5.94. The fraction of sp³-hybridized carbons (Fsp3) is 0.929. The van der Waals surface area contributed by atoms with E-state index in [9.17, 15) is 9.90 Å². The monoisotopic (exact) mass is 239 g/mol. The molecule has 0 spiro atoms. The SMILES string of the molecule is CC1CCCCC1N(C)C1CCCC1C(=O)O. The summed E-state index contributed by atoms with van der Waals surface area (Å²) in [4.78, 5) is 13.7. The molecule has 3 nitrogen and oxygen atoms in total. The Kier molecular flexibility index (Phi) is 4.08. The Hall–Kier alpha value is -0.570. The van der Waals surface area contributed by atoms with Gasteiger partial charge in [0.05, 0.1) is 5.92 Å². The van der Waals surface area contributed by atoms with Crippen molar-refractivity contribution in [2.75, 3.05) is 7.05 Å². The molecular weight excluding hydrogens is 214 g/mol. The third-order valence-electron chi connectivity index (χ3n) is 4.91. The molecule has 4 unspecified atom stereocenters. The molecule has 2 fully saturated rings. The number of rotatable bonds is 3. The largest absolute Gasteiger partial charge is 0.481 e. The van der Waals surface area contributed by atoms with E-state index in [-0.39, 0.29) is 12.0 Å². The first-order valence-corrected chi connectivity index (χ1v) is 7.06. The van der Waals surface area contributed by atoms with Crippen LogP contribution in [0.1, 0.15) is 51.9 Å². The van der Waals surface area contributed by atoms with Crippen LogP contribution in [-0.2, 0) is 4.79 Å². The summed E-state index contributed by atoms with van der Waals surface area (Å²) in [6, 6.07) is 0.881. The van der Waals surface area contributed by atoms with Gasteiger partial charge in [-0.1, -0.05) is 26.2 Å². The number of carboxylic acid groups (broad SMARTS) is 1. The Bertz CT molecular complexity index is 279. The van der Waals surface area contributed by atoms with E-state index in [1.807, 2.05) is 0 Å². The predicted octanol–water partition coefficient (Wildman–Crippen LogP) is 2.75. The summed E-state index contributed by atoms with van der Waals surface area (Å²) in [5, 5.41) is 9.27. The van der Waals surface area contributed by atoms with Crippen molar-refractivity contribution >= 4 is 5.97 Å². The van der Waals surface area contributed by atoms with Gasteiger partial charge in [0, 0.05) is 12.1 Å². The van der Waals surface area contributed by atoms with Crippen LogP contribution in [0.15, 0.2) is 0 Å². The van der Waals surface area contributed by atoms with E-state index in [0.717, 1.165) is 25.2 Å². The van der Waals surface area contributed by atoms with Crippen LogP contribution >= 0.6 is 0 Å². The van der Waals surface area contributed by atoms with E-state index in [4.69, 9.17) is 0 Å². The summed E-state index contributed by atoms with van der Waals surface area (Å²) < 4.78 is 0. The molecule has 2 aliphatic rings. The summed E-state index contributed by atoms with van der Waals surface area (Å²) in [5.74, 6) is 0.000680. The second-order valence-corrected chi connectivity index (χ2v) is 5.94. The number of carbonyl (C=O) groups is 1. The smallest absolute Gasteiger partial charge is 0.308 e. The Labute approximate surface area is 104 Å². The Morgan fingerprint density at radius 2 is 1.71 bits per heavy atom. The van der Waals surface area contributed by atoms with Crippen molar-refractivity contribution in [3.63, 3.8) is 0 Å². The summed E-state index contributed by atoms with van der Waals surface area (Å²) >= 11 is 0. The van der Waals surface area contributed by atoms with E-state index in [1.54, 1.807) is 0 Å². The molecule has 0 aromatic heterocycles. The molecule has 0 heterocycles. The molecule has 2 saturated carbocycles. The van der Waals surface area contributed by atoms with E-state index in [1.165, 1.54) is 25.7 Å². The highest BCUT2D eigenvalue weighted by molar-refractivity contribution is 5.71. The van der Waals surface area contributed by atoms with Crippen molar-refractivity contribution in [1.29, 1.82) is 0 Å². The fourth-order valence-corrected chi connectivity index (χ4v) is 3.86. The van der Waals surface area contributed by atoms with Crippen LogP contribution in [0.5, 0.6) is 0 Å². The van der Waals surface area contributed by atoms with Gasteiger partial charge in [0.25, 0.3) is 0 Å². The molecule has 0 saturated heterocycles. The standard InChI is InChI=1S/C14H25NO2/c1-10-6-3-4-8-12(10)15(2)13-9-5-7-11(13)14(16)17/h10-13H,3-9H2,1-2H3,(H,16,17). The van der Waals surface area contributed by atoms with Gasteiger partial charge in [0.2, 0.25) is 0 Å². The minimum absolute atomic E-state index is 0.130. The minimum Gasteiger partial charge on any atom is -0.481 e. The highest BCUT2D eigenvalue weighted by Crippen LogP contribution is 2.35. The molecule has 2 aliphatic carbocycles. The summed E-state index contributed by atoms with van der Waals surface area (Å²) in [6.45, 7) is 2.32. The number of aliphatic carboxylic acids is 1. The summed E-state index contributed by atoms with van der Waals surface area (Å²) in [7, 11) is 2.15. The van der Waals surface area contributed by atoms with E-state index in [2.05, 4.69) is 18.9 Å². The summed E-state index contributed by atoms with van der Waals surface area (Å²) in [6.07, 6.45) is 8.22. The zero-order valence-electron chi connectivity index (χ0n) is 11.1. The third-order valence-corrected chi connectivity index (χ3v) is 4.91. The molecule has 2 rings (SSSR count). The quantitative estimate of drug-likeness (QED) is 0.823. The number of hydrogen-bond acceptors (Lipinski definition) is 2. The lowest BCUT2D eigenvalue weighted by Gasteiger charge is -2.40. The van der Waals surface area contributed by atoms with Crippen molar-refractivity contribution in [2.24, 2.45) is 11.8 Å². The molecule has 0 aromatic rings. The summed E-state index contributed by atoms with van der Waals surface area (Å²) in [5.41, 5.74) is 0. The first-order chi connectivity index (χ1) is 8.11. The third kappa shape index (κ3) is 2.65. The highest BCUT2D eigenvalue weighted by Gasteiger charge is 2.39. The molecule has 0 aliphatic heterocycles. The molecule has 1 N–H and O–H groups in total. The maximum absolute atomic E-state index is 11.3. The maximum Gasteiger partial charge on any atom is 0.308 e. The van der Waals surface area contributed by atoms with Gasteiger partial charge < -0.3 is 5.11 Å². The average Bonchev–Trinajstić information content (AvgIpc) is 2.77. The molecule has 17 heavy (non-hydrogen) atoms. The number of carboxylic acids is 1. The fourth-order valence-electron chi connectivity index (χ4n) is 3.86. The lowest BCUT2D eigenvalue weighted by molar-refractivity contribution is -0.143. The average molecular weight is 239 g/mol. The van der Waals surface area contributed by atoms with Crippen LogP contribution in [0, 0.1) is 11.8 Å². The van der Waals surface area contributed by atoms with Crippen LogP contribution in [0.2, 0.25) is 0 Å². The van der Waals surface area contributed by atoms with E-state index >= 15 is 0 Å². The van der Waals surface area contributed by atoms with Crippen LogP contribution in [0.3, 0.4) is 0 Å². The van der Waals surface area contributed by atoms with Gasteiger partial charge in [0.1, 0.15) is 0 Å². The predicted molar refractivity (Wildman–Crippen MR) is 67.9 cm³/mol. The number of nitrogens with zero attached hydrogens (tertiary/aromatic N) is 1. The lowest BCUT2D eigenvalue weighted by Crippen LogP contribution is -2.47. The van der Waals surface area contributed by atoms with E-state index < -0.39 is 5.97 Å². The first kappa shape index (κ1) is 12.9. The lowest BCUT2D eigenvalue weighted by atomic mass is 9.83. The molecule has 0 amide bonds. The molecular formula is C14H25NO2. The van der Waals surface area contributed by atoms with Gasteiger partial charge in [-0.25, -0.2) is 0 Å². The van der Waals surface area contributed by atoms with Crippen LogP contribution < -0.4 is 0 Å². The van der Waals surface area contributed by atoms with Crippen molar-refractivity contribution in [1.82, 2.24) is 4.90 Å². The molecule has 98 valence electrons. The molecule has 0 bridgehead atoms. The topological polar surface area (TPSA) is 40.5 Å². The normalized spacial score (nSPS) is 38.5. The van der Waals surface area contributed by atoms with Crippen LogP contribution in [-0.4, -0.2) is 35.1 Å². The van der Waals surface area contributed by atoms with Gasteiger partial charge in [0.15, 0.2) is 0 Å². The van der Waals surface area contributed by atoms with E-state index in [0.29, 0.717) is 6.04 Å². The van der Waals surface area contributed by atoms with Gasteiger partial charge in [-0.05, 0) is 38.6 Å². The van der Waals surface area contributed by atoms with Gasteiger partial charge >= 0.3 is 5.97 Å². The van der Waals surface area contributed by atoms with Crippen LogP contribution in [0.25, 0.3) is 0 Å². The van der Waals surface area contributed by atoms with Crippen molar-refractivity contribution in [3.05, 3.63) is 0 Å². The molecule has 0 aromatic carbocycles. The van der Waals surface area contributed by atoms with Crippen molar-refractivity contribution < 1.29 is 9.90 Å².